The van der Waals surface area contributed by atoms with Gasteiger partial charge in [-0.25, -0.2) is 0 Å². The molecule has 0 spiro atoms. The van der Waals surface area contributed by atoms with Crippen LogP contribution in [0.15, 0.2) is 24.3 Å². The summed E-state index contributed by atoms with van der Waals surface area (Å²) in [6, 6.07) is -0.0685. The van der Waals surface area contributed by atoms with Gasteiger partial charge in [-0.05, 0) is 12.1 Å². The molecule has 0 radical (unpaired) electrons. The van der Waals surface area contributed by atoms with Crippen LogP contribution < -0.4 is 5.48 Å². The second-order valence-electron chi connectivity index (χ2n) is 6.21. The molecule has 1 rings (SSSR count). The molecule has 33 heavy (non-hydrogen) atoms. The van der Waals surface area contributed by atoms with Crippen molar-refractivity contribution in [1.29, 1.82) is 0 Å². The summed E-state index contributed by atoms with van der Waals surface area (Å²) >= 11 is 0. The Hall–Kier alpha value is -2.21. The summed E-state index contributed by atoms with van der Waals surface area (Å²) in [6.07, 6.45) is -7.79. The summed E-state index contributed by atoms with van der Waals surface area (Å²) in [5, 5.41) is 8.42. The van der Waals surface area contributed by atoms with Crippen LogP contribution in [0.1, 0.15) is 5.56 Å². The van der Waals surface area contributed by atoms with Gasteiger partial charge in [-0.1, -0.05) is 12.1 Å². The normalized spacial score (nSPS) is 15.6. The molecule has 0 aliphatic rings. The minimum atomic E-state index is -8.66. The number of halogens is 17. The van der Waals surface area contributed by atoms with Gasteiger partial charge in [0.15, 0.2) is 0 Å². The Morgan fingerprint density at radius 1 is 0.455 bits per heavy atom. The van der Waals surface area contributed by atoms with Gasteiger partial charge >= 0.3 is 47.6 Å². The highest BCUT2D eigenvalue weighted by Gasteiger charge is 2.95. The van der Waals surface area contributed by atoms with Crippen LogP contribution in [-0.2, 0) is 5.92 Å². The highest BCUT2D eigenvalue weighted by molar-refractivity contribution is 5.43. The Bertz CT molecular complexity index is 842. The zero-order valence-electron chi connectivity index (χ0n) is 14.7. The second-order valence-corrected chi connectivity index (χ2v) is 6.21. The third-order valence-corrected chi connectivity index (χ3v) is 4.10. The van der Waals surface area contributed by atoms with Crippen molar-refractivity contribution >= 4 is 5.69 Å². The molecule has 0 amide bonds. The predicted molar refractivity (Wildman–Crippen MR) is 71.5 cm³/mol. The number of alkyl halides is 17. The summed E-state index contributed by atoms with van der Waals surface area (Å²) < 4.78 is 224. The Kier molecular flexibility index (Phi) is 6.69. The molecule has 0 aliphatic carbocycles. The molecule has 0 fully saturated rings. The molecule has 1 aromatic rings. The Morgan fingerprint density at radius 2 is 0.758 bits per heavy atom. The summed E-state index contributed by atoms with van der Waals surface area (Å²) in [5.41, 5.74) is -1.75. The third kappa shape index (κ3) is 3.71. The maximum atomic E-state index is 13.9. The van der Waals surface area contributed by atoms with Crippen molar-refractivity contribution < 1.29 is 79.8 Å². The minimum Gasteiger partial charge on any atom is -0.291 e. The maximum Gasteiger partial charge on any atom is 0.460 e. The lowest BCUT2D eigenvalue weighted by atomic mass is 9.87. The predicted octanol–water partition coefficient (Wildman–Crippen LogP) is 6.95. The van der Waals surface area contributed by atoms with E-state index in [1.807, 2.05) is 0 Å². The molecule has 2 nitrogen and oxygen atoms in total. The molecule has 0 aromatic heterocycles. The van der Waals surface area contributed by atoms with E-state index in [2.05, 4.69) is 0 Å². The first kappa shape index (κ1) is 28.8. The van der Waals surface area contributed by atoms with Gasteiger partial charge < -0.3 is 0 Å². The largest absolute Gasteiger partial charge is 0.460 e. The molecule has 19 heteroatoms. The van der Waals surface area contributed by atoms with Crippen LogP contribution in [0.25, 0.3) is 0 Å². The Balaban J connectivity index is 3.68. The molecule has 2 N–H and O–H groups in total. The average molecular weight is 527 g/mol. The van der Waals surface area contributed by atoms with E-state index in [0.29, 0.717) is 0 Å². The lowest BCUT2D eigenvalue weighted by molar-refractivity contribution is -0.462. The van der Waals surface area contributed by atoms with Crippen molar-refractivity contribution in [2.45, 2.75) is 47.6 Å². The Labute approximate surface area is 169 Å². The van der Waals surface area contributed by atoms with E-state index in [4.69, 9.17) is 5.21 Å². The van der Waals surface area contributed by atoms with Crippen molar-refractivity contribution in [3.05, 3.63) is 29.8 Å². The monoisotopic (exact) mass is 527 g/mol. The van der Waals surface area contributed by atoms with Crippen LogP contribution in [0.5, 0.6) is 0 Å². The molecular formula is C14H6F17NO. The summed E-state index contributed by atoms with van der Waals surface area (Å²) in [7, 11) is 0. The first-order valence-electron chi connectivity index (χ1n) is 7.51. The van der Waals surface area contributed by atoms with Crippen LogP contribution in [0.4, 0.5) is 80.3 Å². The molecule has 0 saturated heterocycles. The molecular weight excluding hydrogens is 521 g/mol. The summed E-state index contributed by atoms with van der Waals surface area (Å²) in [5.74, 6) is -56.8. The van der Waals surface area contributed by atoms with Gasteiger partial charge in [0.25, 0.3) is 0 Å². The first-order valence-corrected chi connectivity index (χ1v) is 7.51. The van der Waals surface area contributed by atoms with Gasteiger partial charge in [-0.3, -0.25) is 10.7 Å². The van der Waals surface area contributed by atoms with E-state index in [0.717, 1.165) is 0 Å². The highest BCUT2D eigenvalue weighted by atomic mass is 19.4. The fraction of sp³-hybridized carbons (Fsp3) is 0.571. The molecule has 0 unspecified atom stereocenters. The molecule has 0 saturated carbocycles. The van der Waals surface area contributed by atoms with Gasteiger partial charge in [-0.15, -0.1) is 0 Å². The van der Waals surface area contributed by atoms with Crippen molar-refractivity contribution in [1.82, 2.24) is 0 Å². The first-order chi connectivity index (χ1) is 14.3. The molecule has 0 bridgehead atoms. The summed E-state index contributed by atoms with van der Waals surface area (Å²) in [4.78, 5) is 0. The second kappa shape index (κ2) is 7.66. The van der Waals surface area contributed by atoms with E-state index in [1.54, 1.807) is 0 Å². The molecule has 0 atom stereocenters. The molecule has 0 heterocycles. The third-order valence-electron chi connectivity index (χ3n) is 4.10. The quantitative estimate of drug-likeness (QED) is 0.283. The zero-order valence-corrected chi connectivity index (χ0v) is 14.7. The number of hydrogen-bond acceptors (Lipinski definition) is 2. The van der Waals surface area contributed by atoms with Crippen LogP contribution >= 0.6 is 0 Å². The lowest BCUT2D eigenvalue weighted by Gasteiger charge is -2.42. The van der Waals surface area contributed by atoms with E-state index >= 15 is 0 Å². The zero-order chi connectivity index (χ0) is 26.7. The maximum absolute atomic E-state index is 13.9. The van der Waals surface area contributed by atoms with Crippen LogP contribution in [0.2, 0.25) is 0 Å². The number of benzene rings is 1. The van der Waals surface area contributed by atoms with Crippen LogP contribution in [0, 0.1) is 0 Å². The van der Waals surface area contributed by atoms with Crippen molar-refractivity contribution in [3.8, 4) is 0 Å². The number of nitrogens with one attached hydrogen (secondary N) is 1. The molecule has 0 aliphatic heterocycles. The van der Waals surface area contributed by atoms with Gasteiger partial charge in [0.1, 0.15) is 0 Å². The number of rotatable bonds is 8. The lowest BCUT2D eigenvalue weighted by Crippen LogP contribution is -2.74. The molecule has 192 valence electrons. The average Bonchev–Trinajstić information content (AvgIpc) is 2.66. The fourth-order valence-corrected chi connectivity index (χ4v) is 2.10. The van der Waals surface area contributed by atoms with Crippen molar-refractivity contribution in [2.24, 2.45) is 0 Å². The van der Waals surface area contributed by atoms with Crippen molar-refractivity contribution in [2.75, 3.05) is 5.48 Å². The van der Waals surface area contributed by atoms with Gasteiger partial charge in [0, 0.05) is 5.56 Å². The number of hydrogen-bond donors (Lipinski definition) is 2. The van der Waals surface area contributed by atoms with Gasteiger partial charge in [0.05, 0.1) is 5.69 Å². The van der Waals surface area contributed by atoms with Gasteiger partial charge in [0.2, 0.25) is 0 Å². The van der Waals surface area contributed by atoms with E-state index < -0.39 is 58.9 Å². The van der Waals surface area contributed by atoms with Crippen LogP contribution in [-0.4, -0.2) is 46.9 Å². The standard InChI is InChI=1S/C14H6F17NO/c15-7(16,5-1-3-6(32-33)4-2-5)8(17,18)9(19,20)10(21,22)11(23,24)12(25,26)13(27,28)14(29,30)31/h1-4,32-33H. The molecule has 1 aromatic carbocycles. The van der Waals surface area contributed by atoms with E-state index in [9.17, 15) is 74.6 Å². The topological polar surface area (TPSA) is 32.3 Å². The highest BCUT2D eigenvalue weighted by Crippen LogP contribution is 2.65. The smallest absolute Gasteiger partial charge is 0.291 e. The number of anilines is 1. The SMILES string of the molecule is ONc1ccc(C(F)(F)C(F)(F)C(F)(F)C(F)(F)C(F)(F)C(F)(F)C(F)(F)C(F)(F)F)cc1. The Morgan fingerprint density at radius 3 is 1.06 bits per heavy atom. The summed E-state index contributed by atoms with van der Waals surface area (Å²) in [6.45, 7) is 0. The van der Waals surface area contributed by atoms with Crippen LogP contribution in [0.3, 0.4) is 0 Å². The van der Waals surface area contributed by atoms with E-state index in [1.165, 1.54) is 5.48 Å². The van der Waals surface area contributed by atoms with Gasteiger partial charge in [-0.2, -0.15) is 74.6 Å². The minimum absolute atomic E-state index is 0.224. The fourth-order valence-electron chi connectivity index (χ4n) is 2.10. The van der Waals surface area contributed by atoms with E-state index in [-0.39, 0.29) is 24.3 Å². The van der Waals surface area contributed by atoms with Crippen molar-refractivity contribution in [3.63, 3.8) is 0 Å².